The Balaban J connectivity index is 1.76. The van der Waals surface area contributed by atoms with Crippen LogP contribution in [0.3, 0.4) is 0 Å². The number of para-hydroxylation sites is 1. The van der Waals surface area contributed by atoms with Gasteiger partial charge in [-0.25, -0.2) is 8.42 Å². The second-order valence-electron chi connectivity index (χ2n) is 6.55. The molecule has 0 aliphatic carbocycles. The predicted octanol–water partition coefficient (Wildman–Crippen LogP) is 4.66. The Labute approximate surface area is 176 Å². The molecule has 0 spiro atoms. The molecule has 0 fully saturated rings. The van der Waals surface area contributed by atoms with E-state index < -0.39 is 10.0 Å². The van der Waals surface area contributed by atoms with E-state index in [0.717, 1.165) is 5.56 Å². The summed E-state index contributed by atoms with van der Waals surface area (Å²) >= 11 is 6.18. The summed E-state index contributed by atoms with van der Waals surface area (Å²) in [5.74, 6) is -0.308. The van der Waals surface area contributed by atoms with Gasteiger partial charge in [0.05, 0.1) is 16.6 Å². The smallest absolute Gasteiger partial charge is 0.264 e. The van der Waals surface area contributed by atoms with E-state index in [1.807, 2.05) is 31.2 Å². The van der Waals surface area contributed by atoms with Crippen LogP contribution in [0.25, 0.3) is 0 Å². The number of benzene rings is 3. The lowest BCUT2D eigenvalue weighted by atomic mass is 10.1. The summed E-state index contributed by atoms with van der Waals surface area (Å²) in [6, 6.07) is 21.7. The molecule has 150 valence electrons. The number of sulfonamides is 1. The minimum Gasteiger partial charge on any atom is -0.345 e. The summed E-state index contributed by atoms with van der Waals surface area (Å²) in [4.78, 5) is 12.7. The summed E-state index contributed by atoms with van der Waals surface area (Å²) in [6.45, 7) is 1.84. The van der Waals surface area contributed by atoms with Crippen LogP contribution in [0.4, 0.5) is 5.69 Å². The van der Waals surface area contributed by atoms with Crippen molar-refractivity contribution in [3.63, 3.8) is 0 Å². The molecule has 3 aromatic carbocycles. The third kappa shape index (κ3) is 4.60. The van der Waals surface area contributed by atoms with Gasteiger partial charge in [0.2, 0.25) is 0 Å². The van der Waals surface area contributed by atoms with Crippen molar-refractivity contribution >= 4 is 33.2 Å². The van der Waals surface area contributed by atoms with Crippen molar-refractivity contribution < 1.29 is 13.2 Å². The highest BCUT2D eigenvalue weighted by Gasteiger charge is 2.22. The Morgan fingerprint density at radius 1 is 0.931 bits per heavy atom. The number of nitrogens with one attached hydrogen (secondary N) is 1. The van der Waals surface area contributed by atoms with Crippen LogP contribution in [-0.4, -0.2) is 21.4 Å². The predicted molar refractivity (Wildman–Crippen MR) is 116 cm³/mol. The molecule has 29 heavy (non-hydrogen) atoms. The minimum atomic E-state index is -3.72. The number of rotatable bonds is 6. The Morgan fingerprint density at radius 3 is 2.14 bits per heavy atom. The molecule has 0 bridgehead atoms. The number of nitrogens with zero attached hydrogens (tertiary/aromatic N) is 1. The molecular formula is C22H21ClN2O3S. The number of halogens is 1. The lowest BCUT2D eigenvalue weighted by Crippen LogP contribution is -2.28. The topological polar surface area (TPSA) is 66.5 Å². The van der Waals surface area contributed by atoms with E-state index in [4.69, 9.17) is 11.6 Å². The molecule has 1 amide bonds. The maximum atomic E-state index is 12.8. The fourth-order valence-electron chi connectivity index (χ4n) is 2.90. The van der Waals surface area contributed by atoms with Crippen LogP contribution in [0.5, 0.6) is 0 Å². The van der Waals surface area contributed by atoms with Crippen molar-refractivity contribution in [1.82, 2.24) is 5.32 Å². The van der Waals surface area contributed by atoms with E-state index in [-0.39, 0.29) is 16.8 Å². The van der Waals surface area contributed by atoms with E-state index in [0.29, 0.717) is 16.3 Å². The average molecular weight is 429 g/mol. The standard InChI is InChI=1S/C22H21ClN2O3S/c1-16(20-10-6-7-11-21(20)23)24-22(26)17-12-14-19(15-13-17)29(27,28)25(2)18-8-4-3-5-9-18/h3-16H,1-2H3,(H,24,26). The quantitative estimate of drug-likeness (QED) is 0.621. The van der Waals surface area contributed by atoms with Crippen molar-refractivity contribution in [2.45, 2.75) is 17.9 Å². The van der Waals surface area contributed by atoms with E-state index in [1.165, 1.54) is 35.6 Å². The highest BCUT2D eigenvalue weighted by molar-refractivity contribution is 7.92. The highest BCUT2D eigenvalue weighted by Crippen LogP contribution is 2.24. The summed E-state index contributed by atoms with van der Waals surface area (Å²) in [6.07, 6.45) is 0. The van der Waals surface area contributed by atoms with Crippen molar-refractivity contribution in [3.8, 4) is 0 Å². The molecule has 1 unspecified atom stereocenters. The number of carbonyl (C=O) groups excluding carboxylic acids is 1. The Morgan fingerprint density at radius 2 is 1.52 bits per heavy atom. The fraction of sp³-hybridized carbons (Fsp3) is 0.136. The molecule has 0 aliphatic heterocycles. The first-order valence-corrected chi connectivity index (χ1v) is 10.8. The normalized spacial score (nSPS) is 12.2. The zero-order valence-electron chi connectivity index (χ0n) is 16.0. The number of anilines is 1. The van der Waals surface area contributed by atoms with E-state index in [2.05, 4.69) is 5.32 Å². The van der Waals surface area contributed by atoms with Gasteiger partial charge in [-0.15, -0.1) is 0 Å². The van der Waals surface area contributed by atoms with Gasteiger partial charge in [0, 0.05) is 17.6 Å². The van der Waals surface area contributed by atoms with Crippen LogP contribution in [0.15, 0.2) is 83.8 Å². The molecule has 1 atom stereocenters. The van der Waals surface area contributed by atoms with Gasteiger partial charge in [-0.1, -0.05) is 48.0 Å². The highest BCUT2D eigenvalue weighted by atomic mass is 35.5. The molecule has 0 saturated heterocycles. The van der Waals surface area contributed by atoms with Crippen molar-refractivity contribution in [2.75, 3.05) is 11.4 Å². The number of amides is 1. The summed E-state index contributed by atoms with van der Waals surface area (Å²) in [7, 11) is -2.23. The van der Waals surface area contributed by atoms with E-state index in [1.54, 1.807) is 30.3 Å². The first-order valence-electron chi connectivity index (χ1n) is 9.00. The second kappa shape index (κ2) is 8.68. The third-order valence-electron chi connectivity index (χ3n) is 4.61. The van der Waals surface area contributed by atoms with Gasteiger partial charge < -0.3 is 5.32 Å². The van der Waals surface area contributed by atoms with E-state index >= 15 is 0 Å². The third-order valence-corrected chi connectivity index (χ3v) is 6.76. The molecular weight excluding hydrogens is 408 g/mol. The number of hydrogen-bond donors (Lipinski definition) is 1. The number of hydrogen-bond acceptors (Lipinski definition) is 3. The van der Waals surface area contributed by atoms with Gasteiger partial charge in [-0.05, 0) is 55.0 Å². The Kier molecular flexibility index (Phi) is 6.25. The molecule has 0 heterocycles. The van der Waals surface area contributed by atoms with Gasteiger partial charge in [-0.2, -0.15) is 0 Å². The van der Waals surface area contributed by atoms with Crippen LogP contribution >= 0.6 is 11.6 Å². The Hall–Kier alpha value is -2.83. The average Bonchev–Trinajstić information content (AvgIpc) is 2.74. The minimum absolute atomic E-state index is 0.111. The van der Waals surface area contributed by atoms with Crippen molar-refractivity contribution in [3.05, 3.63) is 95.0 Å². The monoisotopic (exact) mass is 428 g/mol. The molecule has 3 aromatic rings. The van der Waals surface area contributed by atoms with Crippen LogP contribution in [0.1, 0.15) is 28.9 Å². The summed E-state index contributed by atoms with van der Waals surface area (Å²) in [5.41, 5.74) is 1.74. The van der Waals surface area contributed by atoms with Gasteiger partial charge >= 0.3 is 0 Å². The van der Waals surface area contributed by atoms with Crippen LogP contribution in [0.2, 0.25) is 5.02 Å². The van der Waals surface area contributed by atoms with Crippen molar-refractivity contribution in [2.24, 2.45) is 0 Å². The zero-order chi connectivity index (χ0) is 21.0. The lowest BCUT2D eigenvalue weighted by Gasteiger charge is -2.19. The fourth-order valence-corrected chi connectivity index (χ4v) is 4.39. The summed E-state index contributed by atoms with van der Waals surface area (Å²) in [5, 5.41) is 3.45. The SMILES string of the molecule is CC(NC(=O)c1ccc(S(=O)(=O)N(C)c2ccccc2)cc1)c1ccccc1Cl. The largest absolute Gasteiger partial charge is 0.345 e. The van der Waals surface area contributed by atoms with E-state index in [9.17, 15) is 13.2 Å². The molecule has 3 rings (SSSR count). The zero-order valence-corrected chi connectivity index (χ0v) is 17.6. The molecule has 0 aromatic heterocycles. The van der Waals surface area contributed by atoms with Crippen molar-refractivity contribution in [1.29, 1.82) is 0 Å². The maximum Gasteiger partial charge on any atom is 0.264 e. The van der Waals surface area contributed by atoms with Gasteiger partial charge in [0.25, 0.3) is 15.9 Å². The first-order chi connectivity index (χ1) is 13.8. The maximum absolute atomic E-state index is 12.8. The molecule has 1 N–H and O–H groups in total. The van der Waals surface area contributed by atoms with Crippen LogP contribution in [0, 0.1) is 0 Å². The van der Waals surface area contributed by atoms with Gasteiger partial charge in [0.15, 0.2) is 0 Å². The number of carbonyl (C=O) groups is 1. The molecule has 0 saturated carbocycles. The van der Waals surface area contributed by atoms with Crippen LogP contribution < -0.4 is 9.62 Å². The lowest BCUT2D eigenvalue weighted by molar-refractivity contribution is 0.0940. The van der Waals surface area contributed by atoms with Crippen LogP contribution in [-0.2, 0) is 10.0 Å². The Bertz CT molecular complexity index is 1100. The van der Waals surface area contributed by atoms with Gasteiger partial charge in [-0.3, -0.25) is 9.10 Å². The molecule has 0 aliphatic rings. The molecule has 0 radical (unpaired) electrons. The van der Waals surface area contributed by atoms with Gasteiger partial charge in [0.1, 0.15) is 0 Å². The first kappa shape index (κ1) is 20.9. The second-order valence-corrected chi connectivity index (χ2v) is 8.93. The molecule has 5 nitrogen and oxygen atoms in total. The molecule has 7 heteroatoms. The summed E-state index contributed by atoms with van der Waals surface area (Å²) < 4.78 is 26.9.